The number of carbonyl (C=O) groups is 3. The summed E-state index contributed by atoms with van der Waals surface area (Å²) >= 11 is 0. The molecule has 1 aromatic heterocycles. The third-order valence-electron chi connectivity index (χ3n) is 5.08. The van der Waals surface area contributed by atoms with Gasteiger partial charge in [-0.05, 0) is 48.5 Å². The summed E-state index contributed by atoms with van der Waals surface area (Å²) in [7, 11) is 0. The van der Waals surface area contributed by atoms with Gasteiger partial charge >= 0.3 is 0 Å². The molecule has 3 N–H and O–H groups in total. The first-order valence-corrected chi connectivity index (χ1v) is 10.7. The third-order valence-corrected chi connectivity index (χ3v) is 5.08. The van der Waals surface area contributed by atoms with Gasteiger partial charge in [-0.1, -0.05) is 24.3 Å². The lowest BCUT2D eigenvalue weighted by Gasteiger charge is -2.07. The molecule has 0 spiro atoms. The molecule has 0 unspecified atom stereocenters. The number of nitrogens with one attached hydrogen (secondary N) is 3. The van der Waals surface area contributed by atoms with Crippen LogP contribution in [0.15, 0.2) is 84.1 Å². The van der Waals surface area contributed by atoms with Crippen molar-refractivity contribution in [3.05, 3.63) is 95.9 Å². The Hall–Kier alpha value is -4.79. The number of aromatic nitrogens is 1. The van der Waals surface area contributed by atoms with Crippen molar-refractivity contribution in [2.24, 2.45) is 5.10 Å². The minimum absolute atomic E-state index is 0.0357. The van der Waals surface area contributed by atoms with Gasteiger partial charge in [-0.15, -0.1) is 0 Å². The van der Waals surface area contributed by atoms with Gasteiger partial charge in [-0.2, -0.15) is 5.10 Å². The van der Waals surface area contributed by atoms with E-state index in [2.05, 4.69) is 21.2 Å². The van der Waals surface area contributed by atoms with E-state index in [4.69, 9.17) is 0 Å². The molecule has 4 aromatic rings. The SMILES string of the molecule is CC(=O)Nc1cccc(C(=O)NN=Cc2cn(CC(=O)Nc3ccc(F)cc3)c3ccccc23)c1. The minimum atomic E-state index is -0.434. The Balaban J connectivity index is 1.47. The Morgan fingerprint density at radius 1 is 0.943 bits per heavy atom. The molecule has 35 heavy (non-hydrogen) atoms. The van der Waals surface area contributed by atoms with Gasteiger partial charge in [0.15, 0.2) is 0 Å². The lowest BCUT2D eigenvalue weighted by molar-refractivity contribution is -0.116. The maximum absolute atomic E-state index is 13.1. The van der Waals surface area contributed by atoms with Crippen LogP contribution in [-0.4, -0.2) is 28.5 Å². The Morgan fingerprint density at radius 2 is 1.71 bits per heavy atom. The maximum atomic E-state index is 13.1. The van der Waals surface area contributed by atoms with Crippen LogP contribution in [0.5, 0.6) is 0 Å². The second-order valence-electron chi connectivity index (χ2n) is 7.75. The van der Waals surface area contributed by atoms with E-state index in [1.54, 1.807) is 35.0 Å². The molecule has 0 atom stereocenters. The quantitative estimate of drug-likeness (QED) is 0.279. The summed E-state index contributed by atoms with van der Waals surface area (Å²) in [5.41, 5.74) is 5.36. The molecule has 1 heterocycles. The second-order valence-corrected chi connectivity index (χ2v) is 7.75. The number of benzene rings is 3. The van der Waals surface area contributed by atoms with Crippen molar-refractivity contribution in [1.82, 2.24) is 9.99 Å². The fourth-order valence-electron chi connectivity index (χ4n) is 3.56. The molecule has 4 rings (SSSR count). The predicted molar refractivity (Wildman–Crippen MR) is 133 cm³/mol. The summed E-state index contributed by atoms with van der Waals surface area (Å²) < 4.78 is 14.9. The highest BCUT2D eigenvalue weighted by Crippen LogP contribution is 2.20. The van der Waals surface area contributed by atoms with E-state index in [9.17, 15) is 18.8 Å². The molecule has 3 amide bonds. The summed E-state index contributed by atoms with van der Waals surface area (Å²) in [5.74, 6) is -1.32. The normalized spacial score (nSPS) is 10.9. The average Bonchev–Trinajstić information content (AvgIpc) is 3.17. The third kappa shape index (κ3) is 5.97. The van der Waals surface area contributed by atoms with Crippen LogP contribution < -0.4 is 16.1 Å². The highest BCUT2D eigenvalue weighted by Gasteiger charge is 2.11. The van der Waals surface area contributed by atoms with E-state index in [1.165, 1.54) is 37.4 Å². The van der Waals surface area contributed by atoms with Crippen molar-refractivity contribution in [1.29, 1.82) is 0 Å². The lowest BCUT2D eigenvalue weighted by Crippen LogP contribution is -2.18. The number of para-hydroxylation sites is 1. The highest BCUT2D eigenvalue weighted by molar-refractivity contribution is 6.02. The molecule has 9 heteroatoms. The number of carbonyl (C=O) groups excluding carboxylic acids is 3. The van der Waals surface area contributed by atoms with Gasteiger partial charge in [0.2, 0.25) is 11.8 Å². The van der Waals surface area contributed by atoms with E-state index >= 15 is 0 Å². The smallest absolute Gasteiger partial charge is 0.271 e. The van der Waals surface area contributed by atoms with Crippen LogP contribution in [0, 0.1) is 5.82 Å². The number of anilines is 2. The summed E-state index contributed by atoms with van der Waals surface area (Å²) in [5, 5.41) is 10.3. The molecule has 0 fully saturated rings. The summed E-state index contributed by atoms with van der Waals surface area (Å²) in [4.78, 5) is 36.2. The molecule has 8 nitrogen and oxygen atoms in total. The van der Waals surface area contributed by atoms with Gasteiger partial charge in [-0.3, -0.25) is 14.4 Å². The standard InChI is InChI=1S/C26H22FN5O3/c1-17(33)29-22-6-4-5-18(13-22)26(35)31-28-14-19-15-32(24-8-3-2-7-23(19)24)16-25(34)30-21-11-9-20(27)10-12-21/h2-15H,16H2,1H3,(H,29,33)(H,30,34)(H,31,35). The molecule has 0 bridgehead atoms. The van der Waals surface area contributed by atoms with Gasteiger partial charge in [0, 0.05) is 46.5 Å². The number of nitrogens with zero attached hydrogens (tertiary/aromatic N) is 2. The highest BCUT2D eigenvalue weighted by atomic mass is 19.1. The van der Waals surface area contributed by atoms with E-state index in [-0.39, 0.29) is 24.2 Å². The van der Waals surface area contributed by atoms with Crippen molar-refractivity contribution in [2.75, 3.05) is 10.6 Å². The van der Waals surface area contributed by atoms with Gasteiger partial charge in [0.1, 0.15) is 12.4 Å². The largest absolute Gasteiger partial charge is 0.337 e. The van der Waals surface area contributed by atoms with Crippen LogP contribution >= 0.6 is 0 Å². The predicted octanol–water partition coefficient (Wildman–Crippen LogP) is 4.14. The summed E-state index contributed by atoms with van der Waals surface area (Å²) in [6.07, 6.45) is 3.27. The molecular weight excluding hydrogens is 449 g/mol. The maximum Gasteiger partial charge on any atom is 0.271 e. The number of halogens is 1. The zero-order valence-corrected chi connectivity index (χ0v) is 18.8. The number of hydrazone groups is 1. The first kappa shape index (κ1) is 23.4. The number of amides is 3. The zero-order valence-electron chi connectivity index (χ0n) is 18.8. The first-order chi connectivity index (χ1) is 16.9. The van der Waals surface area contributed by atoms with Gasteiger partial charge in [0.05, 0.1) is 6.21 Å². The van der Waals surface area contributed by atoms with Crippen LogP contribution in [0.25, 0.3) is 10.9 Å². The van der Waals surface area contributed by atoms with E-state index in [0.717, 1.165) is 10.9 Å². The Labute approximate surface area is 200 Å². The van der Waals surface area contributed by atoms with Crippen LogP contribution in [0.2, 0.25) is 0 Å². The van der Waals surface area contributed by atoms with Gasteiger partial charge < -0.3 is 15.2 Å². The Bertz CT molecular complexity index is 1430. The van der Waals surface area contributed by atoms with Crippen molar-refractivity contribution < 1.29 is 18.8 Å². The number of rotatable bonds is 7. The monoisotopic (exact) mass is 471 g/mol. The van der Waals surface area contributed by atoms with Crippen LogP contribution in [-0.2, 0) is 16.1 Å². The molecule has 176 valence electrons. The molecule has 0 radical (unpaired) electrons. The van der Waals surface area contributed by atoms with E-state index < -0.39 is 5.91 Å². The van der Waals surface area contributed by atoms with Gasteiger partial charge in [0.25, 0.3) is 5.91 Å². The molecular formula is C26H22FN5O3. The van der Waals surface area contributed by atoms with Crippen molar-refractivity contribution >= 4 is 46.2 Å². The second kappa shape index (κ2) is 10.4. The molecule has 0 saturated carbocycles. The Kier molecular flexibility index (Phi) is 6.96. The summed E-state index contributed by atoms with van der Waals surface area (Å²) in [6.45, 7) is 1.42. The van der Waals surface area contributed by atoms with Crippen LogP contribution in [0.1, 0.15) is 22.8 Å². The van der Waals surface area contributed by atoms with Crippen molar-refractivity contribution in [3.63, 3.8) is 0 Å². The average molecular weight is 471 g/mol. The van der Waals surface area contributed by atoms with Crippen LogP contribution in [0.3, 0.4) is 0 Å². The van der Waals surface area contributed by atoms with E-state index in [0.29, 0.717) is 22.5 Å². The number of hydrogen-bond acceptors (Lipinski definition) is 4. The number of fused-ring (bicyclic) bond motifs is 1. The van der Waals surface area contributed by atoms with Crippen LogP contribution in [0.4, 0.5) is 15.8 Å². The first-order valence-electron chi connectivity index (χ1n) is 10.7. The minimum Gasteiger partial charge on any atom is -0.337 e. The fourth-order valence-corrected chi connectivity index (χ4v) is 3.56. The molecule has 0 saturated heterocycles. The summed E-state index contributed by atoms with van der Waals surface area (Å²) in [6, 6.07) is 19.6. The molecule has 3 aromatic carbocycles. The van der Waals surface area contributed by atoms with Gasteiger partial charge in [-0.25, -0.2) is 9.82 Å². The molecule has 0 aliphatic carbocycles. The lowest BCUT2D eigenvalue weighted by atomic mass is 10.2. The van der Waals surface area contributed by atoms with Crippen molar-refractivity contribution in [2.45, 2.75) is 13.5 Å². The zero-order chi connectivity index (χ0) is 24.8. The topological polar surface area (TPSA) is 105 Å². The molecule has 0 aliphatic rings. The Morgan fingerprint density at radius 3 is 2.49 bits per heavy atom. The van der Waals surface area contributed by atoms with E-state index in [1.807, 2.05) is 24.3 Å². The molecule has 0 aliphatic heterocycles. The fraction of sp³-hybridized carbons (Fsp3) is 0.0769. The number of hydrogen-bond donors (Lipinski definition) is 3. The van der Waals surface area contributed by atoms with Crippen molar-refractivity contribution in [3.8, 4) is 0 Å².